The molecule has 0 saturated carbocycles. The lowest BCUT2D eigenvalue weighted by Crippen LogP contribution is -2.30. The Morgan fingerprint density at radius 2 is 1.90 bits per heavy atom. The average molecular weight is 428 g/mol. The van der Waals surface area contributed by atoms with Crippen molar-refractivity contribution in [1.29, 1.82) is 0 Å². The normalized spacial score (nSPS) is 11.5. The highest BCUT2D eigenvalue weighted by Crippen LogP contribution is 2.29. The first kappa shape index (κ1) is 21.5. The molecule has 0 aliphatic rings. The van der Waals surface area contributed by atoms with Crippen molar-refractivity contribution in [2.24, 2.45) is 0 Å². The molecule has 0 aliphatic carbocycles. The maximum absolute atomic E-state index is 13.9. The van der Waals surface area contributed by atoms with E-state index in [1.54, 1.807) is 6.07 Å². The number of amides is 1. The van der Waals surface area contributed by atoms with Crippen LogP contribution in [0.1, 0.15) is 17.5 Å². The Bertz CT molecular complexity index is 1140. The molecule has 1 unspecified atom stereocenters. The first-order valence-corrected chi connectivity index (χ1v) is 8.99. The molecular weight excluding hydrogens is 411 g/mol. The third-order valence-corrected chi connectivity index (χ3v) is 4.25. The van der Waals surface area contributed by atoms with Crippen molar-refractivity contribution >= 4 is 23.3 Å². The van der Waals surface area contributed by atoms with Crippen molar-refractivity contribution in [3.05, 3.63) is 76.3 Å². The van der Waals surface area contributed by atoms with E-state index in [2.05, 4.69) is 5.32 Å². The maximum atomic E-state index is 13.9. The minimum Gasteiger partial charge on any atom is -0.495 e. The number of esters is 1. The molecule has 0 saturated heterocycles. The fourth-order valence-electron chi connectivity index (χ4n) is 2.67. The SMILES string of the molecule is COc1ccc([N+](=O)[O-])cc1NC(=O)C(C)OC(=O)c1ccc(-c2ccccc2F)o1. The van der Waals surface area contributed by atoms with Crippen LogP contribution in [-0.4, -0.2) is 30.0 Å². The molecule has 3 rings (SSSR count). The molecule has 1 N–H and O–H groups in total. The van der Waals surface area contributed by atoms with E-state index in [0.717, 1.165) is 6.07 Å². The molecule has 0 radical (unpaired) electrons. The Morgan fingerprint density at radius 3 is 2.58 bits per heavy atom. The minimum absolute atomic E-state index is 0.0458. The van der Waals surface area contributed by atoms with Crippen LogP contribution in [0.3, 0.4) is 0 Å². The highest BCUT2D eigenvalue weighted by atomic mass is 19.1. The van der Waals surface area contributed by atoms with Crippen LogP contribution in [0.15, 0.2) is 59.0 Å². The van der Waals surface area contributed by atoms with Crippen molar-refractivity contribution in [1.82, 2.24) is 0 Å². The Morgan fingerprint density at radius 1 is 1.16 bits per heavy atom. The number of hydrogen-bond donors (Lipinski definition) is 1. The third-order valence-electron chi connectivity index (χ3n) is 4.25. The highest BCUT2D eigenvalue weighted by molar-refractivity contribution is 5.98. The van der Waals surface area contributed by atoms with Gasteiger partial charge in [-0.05, 0) is 37.3 Å². The van der Waals surface area contributed by atoms with Gasteiger partial charge in [0.1, 0.15) is 17.3 Å². The zero-order valence-electron chi connectivity index (χ0n) is 16.5. The van der Waals surface area contributed by atoms with Crippen molar-refractivity contribution in [2.45, 2.75) is 13.0 Å². The molecule has 10 heteroatoms. The molecule has 1 aromatic heterocycles. The van der Waals surface area contributed by atoms with Gasteiger partial charge < -0.3 is 19.2 Å². The Labute approximate surface area is 175 Å². The molecule has 1 amide bonds. The van der Waals surface area contributed by atoms with Crippen LogP contribution in [0.2, 0.25) is 0 Å². The van der Waals surface area contributed by atoms with Gasteiger partial charge in [-0.25, -0.2) is 9.18 Å². The monoisotopic (exact) mass is 428 g/mol. The van der Waals surface area contributed by atoms with E-state index in [0.29, 0.717) is 0 Å². The molecule has 1 atom stereocenters. The molecule has 0 aliphatic heterocycles. The number of furan rings is 1. The van der Waals surface area contributed by atoms with E-state index in [4.69, 9.17) is 13.9 Å². The van der Waals surface area contributed by atoms with E-state index in [-0.39, 0.29) is 34.2 Å². The van der Waals surface area contributed by atoms with E-state index >= 15 is 0 Å². The van der Waals surface area contributed by atoms with Crippen LogP contribution in [0.25, 0.3) is 11.3 Å². The third kappa shape index (κ3) is 4.86. The molecule has 0 spiro atoms. The molecule has 9 nitrogen and oxygen atoms in total. The number of anilines is 1. The van der Waals surface area contributed by atoms with Crippen LogP contribution < -0.4 is 10.1 Å². The number of ether oxygens (including phenoxy) is 2. The van der Waals surface area contributed by atoms with Gasteiger partial charge in [-0.1, -0.05) is 12.1 Å². The average Bonchev–Trinajstić information content (AvgIpc) is 3.24. The zero-order chi connectivity index (χ0) is 22.5. The summed E-state index contributed by atoms with van der Waals surface area (Å²) < 4.78 is 29.4. The minimum atomic E-state index is -1.27. The second-order valence-corrected chi connectivity index (χ2v) is 6.32. The molecule has 0 fully saturated rings. The standard InChI is InChI=1S/C21H17FN2O7/c1-12(20(25)23-16-11-13(24(27)28)7-8-18(16)29-2)30-21(26)19-10-9-17(31-19)14-5-3-4-6-15(14)22/h3-12H,1-2H3,(H,23,25). The maximum Gasteiger partial charge on any atom is 0.375 e. The molecule has 0 bridgehead atoms. The van der Waals surface area contributed by atoms with Gasteiger partial charge in [0.05, 0.1) is 23.3 Å². The van der Waals surface area contributed by atoms with Crippen LogP contribution in [-0.2, 0) is 9.53 Å². The van der Waals surface area contributed by atoms with Gasteiger partial charge >= 0.3 is 5.97 Å². The lowest BCUT2D eigenvalue weighted by atomic mass is 10.1. The number of non-ortho nitro benzene ring substituents is 1. The number of methoxy groups -OCH3 is 1. The van der Waals surface area contributed by atoms with Gasteiger partial charge in [0.25, 0.3) is 11.6 Å². The molecular formula is C21H17FN2O7. The predicted octanol–water partition coefficient (Wildman–Crippen LogP) is 4.19. The smallest absolute Gasteiger partial charge is 0.375 e. The summed E-state index contributed by atoms with van der Waals surface area (Å²) >= 11 is 0. The van der Waals surface area contributed by atoms with E-state index in [1.807, 2.05) is 0 Å². The number of hydrogen-bond acceptors (Lipinski definition) is 7. The van der Waals surface area contributed by atoms with Crippen LogP contribution >= 0.6 is 0 Å². The Kier molecular flexibility index (Phi) is 6.29. The second-order valence-electron chi connectivity index (χ2n) is 6.32. The second kappa shape index (κ2) is 9.08. The summed E-state index contributed by atoms with van der Waals surface area (Å²) in [5.41, 5.74) is -0.0356. The van der Waals surface area contributed by atoms with Crippen LogP contribution in [0.4, 0.5) is 15.8 Å². The lowest BCUT2D eigenvalue weighted by molar-refractivity contribution is -0.384. The largest absolute Gasteiger partial charge is 0.495 e. The quantitative estimate of drug-likeness (QED) is 0.340. The van der Waals surface area contributed by atoms with E-state index in [1.165, 1.54) is 56.5 Å². The number of carbonyl (C=O) groups is 2. The number of rotatable bonds is 7. The Balaban J connectivity index is 1.69. The van der Waals surface area contributed by atoms with Gasteiger partial charge in [-0.3, -0.25) is 14.9 Å². The van der Waals surface area contributed by atoms with Crippen LogP contribution in [0.5, 0.6) is 5.75 Å². The molecule has 2 aromatic carbocycles. The van der Waals surface area contributed by atoms with Crippen molar-refractivity contribution in [3.63, 3.8) is 0 Å². The summed E-state index contributed by atoms with van der Waals surface area (Å²) in [7, 11) is 1.34. The summed E-state index contributed by atoms with van der Waals surface area (Å²) in [5, 5.41) is 13.4. The highest BCUT2D eigenvalue weighted by Gasteiger charge is 2.23. The number of nitro groups is 1. The van der Waals surface area contributed by atoms with Gasteiger partial charge in [-0.15, -0.1) is 0 Å². The fraction of sp³-hybridized carbons (Fsp3) is 0.143. The van der Waals surface area contributed by atoms with Gasteiger partial charge in [0, 0.05) is 12.1 Å². The van der Waals surface area contributed by atoms with E-state index in [9.17, 15) is 24.1 Å². The topological polar surface area (TPSA) is 121 Å². The van der Waals surface area contributed by atoms with Crippen LogP contribution in [0, 0.1) is 15.9 Å². The lowest BCUT2D eigenvalue weighted by Gasteiger charge is -2.14. The van der Waals surface area contributed by atoms with Gasteiger partial charge in [0.2, 0.25) is 5.76 Å². The summed E-state index contributed by atoms with van der Waals surface area (Å²) in [6, 6.07) is 12.3. The van der Waals surface area contributed by atoms with E-state index < -0.39 is 28.7 Å². The predicted molar refractivity (Wildman–Crippen MR) is 107 cm³/mol. The molecule has 31 heavy (non-hydrogen) atoms. The zero-order valence-corrected chi connectivity index (χ0v) is 16.5. The number of nitrogens with zero attached hydrogens (tertiary/aromatic N) is 1. The van der Waals surface area contributed by atoms with Crippen molar-refractivity contribution < 1.29 is 32.8 Å². The van der Waals surface area contributed by atoms with Crippen molar-refractivity contribution in [2.75, 3.05) is 12.4 Å². The molecule has 1 heterocycles. The Hall–Kier alpha value is -4.21. The number of carbonyl (C=O) groups excluding carboxylic acids is 2. The summed E-state index contributed by atoms with van der Waals surface area (Å²) in [5.74, 6) is -2.09. The number of halogens is 1. The first-order chi connectivity index (χ1) is 14.8. The molecule has 160 valence electrons. The number of nitrogens with one attached hydrogen (secondary N) is 1. The summed E-state index contributed by atoms with van der Waals surface area (Å²) in [4.78, 5) is 35.0. The summed E-state index contributed by atoms with van der Waals surface area (Å²) in [6.07, 6.45) is -1.27. The fourth-order valence-corrected chi connectivity index (χ4v) is 2.67. The number of benzene rings is 2. The molecule has 3 aromatic rings. The summed E-state index contributed by atoms with van der Waals surface area (Å²) in [6.45, 7) is 1.32. The van der Waals surface area contributed by atoms with Gasteiger partial charge in [0.15, 0.2) is 6.10 Å². The number of nitro benzene ring substituents is 1. The van der Waals surface area contributed by atoms with Gasteiger partial charge in [-0.2, -0.15) is 0 Å². The first-order valence-electron chi connectivity index (χ1n) is 8.99. The van der Waals surface area contributed by atoms with Crippen molar-refractivity contribution in [3.8, 4) is 17.1 Å².